The van der Waals surface area contributed by atoms with E-state index in [0.717, 1.165) is 12.1 Å². The topological polar surface area (TPSA) is 48.4 Å². The fourth-order valence-electron chi connectivity index (χ4n) is 1.32. The van der Waals surface area contributed by atoms with Crippen molar-refractivity contribution in [1.29, 1.82) is 0 Å². The third-order valence-corrected chi connectivity index (χ3v) is 2.68. The molecule has 76 valence electrons. The lowest BCUT2D eigenvalue weighted by Gasteiger charge is -2.19. The number of aromatic nitrogens is 1. The van der Waals surface area contributed by atoms with Crippen LogP contribution in [0.25, 0.3) is 0 Å². The standard InChI is InChI=1S/C9H11NO3S/c11-14-12-6-8(7-13-14)5-9-3-1-2-4-10-9/h1-4,8H,5-7H2. The van der Waals surface area contributed by atoms with E-state index in [0.29, 0.717) is 13.2 Å². The Hall–Kier alpha value is -0.780. The predicted octanol–water partition coefficient (Wildman–Crippen LogP) is 0.866. The smallest absolute Gasteiger partial charge is 0.268 e. The summed E-state index contributed by atoms with van der Waals surface area (Å²) in [5.74, 6) is 0.252. The maximum Gasteiger partial charge on any atom is 0.304 e. The van der Waals surface area contributed by atoms with Crippen molar-refractivity contribution in [2.45, 2.75) is 6.42 Å². The van der Waals surface area contributed by atoms with Gasteiger partial charge in [0.25, 0.3) is 0 Å². The lowest BCUT2D eigenvalue weighted by molar-refractivity contribution is 0.123. The lowest BCUT2D eigenvalue weighted by Crippen LogP contribution is -2.26. The summed E-state index contributed by atoms with van der Waals surface area (Å²) in [4.78, 5) is 4.20. The van der Waals surface area contributed by atoms with Crippen molar-refractivity contribution >= 4 is 11.4 Å². The maximum absolute atomic E-state index is 10.7. The van der Waals surface area contributed by atoms with Crippen LogP contribution in [0.1, 0.15) is 5.69 Å². The van der Waals surface area contributed by atoms with Gasteiger partial charge >= 0.3 is 11.4 Å². The van der Waals surface area contributed by atoms with E-state index in [1.165, 1.54) is 0 Å². The summed E-state index contributed by atoms with van der Waals surface area (Å²) in [6.45, 7) is 0.951. The number of hydrogen-bond acceptors (Lipinski definition) is 4. The minimum absolute atomic E-state index is 0.252. The fraction of sp³-hybridized carbons (Fsp3) is 0.444. The van der Waals surface area contributed by atoms with Crippen LogP contribution in [-0.2, 0) is 26.1 Å². The minimum atomic E-state index is -1.54. The van der Waals surface area contributed by atoms with Crippen LogP contribution in [0.15, 0.2) is 24.4 Å². The molecular formula is C9H11NO3S. The van der Waals surface area contributed by atoms with Crippen molar-refractivity contribution < 1.29 is 12.6 Å². The summed E-state index contributed by atoms with van der Waals surface area (Å²) in [7, 11) is 0. The molecule has 0 N–H and O–H groups in total. The van der Waals surface area contributed by atoms with Crippen molar-refractivity contribution in [3.63, 3.8) is 0 Å². The normalized spacial score (nSPS) is 27.4. The van der Waals surface area contributed by atoms with Gasteiger partial charge in [0.15, 0.2) is 0 Å². The van der Waals surface area contributed by atoms with Crippen molar-refractivity contribution in [3.05, 3.63) is 30.1 Å². The van der Waals surface area contributed by atoms with Gasteiger partial charge in [0, 0.05) is 17.8 Å². The van der Waals surface area contributed by atoms with Gasteiger partial charge in [0.1, 0.15) is 0 Å². The summed E-state index contributed by atoms with van der Waals surface area (Å²) in [6.07, 6.45) is 2.57. The maximum atomic E-state index is 10.7. The van der Waals surface area contributed by atoms with Gasteiger partial charge in [-0.25, -0.2) is 0 Å². The van der Waals surface area contributed by atoms with Crippen molar-refractivity contribution in [2.75, 3.05) is 13.2 Å². The second-order valence-corrected chi connectivity index (χ2v) is 4.04. The molecule has 1 aliphatic heterocycles. The van der Waals surface area contributed by atoms with Gasteiger partial charge in [-0.1, -0.05) is 6.07 Å². The first-order chi connectivity index (χ1) is 6.84. The van der Waals surface area contributed by atoms with E-state index in [9.17, 15) is 4.21 Å². The number of rotatable bonds is 2. The van der Waals surface area contributed by atoms with Gasteiger partial charge in [-0.05, 0) is 18.6 Å². The molecule has 1 saturated heterocycles. The molecule has 0 bridgehead atoms. The van der Waals surface area contributed by atoms with E-state index < -0.39 is 11.4 Å². The van der Waals surface area contributed by atoms with Crippen molar-refractivity contribution in [3.8, 4) is 0 Å². The molecule has 2 heterocycles. The number of pyridine rings is 1. The first-order valence-corrected chi connectivity index (χ1v) is 5.43. The highest BCUT2D eigenvalue weighted by Crippen LogP contribution is 2.13. The Morgan fingerprint density at radius 3 is 2.86 bits per heavy atom. The third kappa shape index (κ3) is 2.60. The molecule has 5 heteroatoms. The molecule has 14 heavy (non-hydrogen) atoms. The van der Waals surface area contributed by atoms with Crippen LogP contribution in [-0.4, -0.2) is 22.4 Å². The molecule has 0 atom stereocenters. The Labute approximate surface area is 85.1 Å². The van der Waals surface area contributed by atoms with E-state index in [1.54, 1.807) is 6.20 Å². The highest BCUT2D eigenvalue weighted by atomic mass is 32.2. The first-order valence-electron chi connectivity index (χ1n) is 4.43. The Morgan fingerprint density at radius 2 is 2.21 bits per heavy atom. The summed E-state index contributed by atoms with van der Waals surface area (Å²) < 4.78 is 20.5. The van der Waals surface area contributed by atoms with Gasteiger partial charge in [0.2, 0.25) is 0 Å². The molecule has 0 aromatic carbocycles. The zero-order chi connectivity index (χ0) is 9.80. The summed E-state index contributed by atoms with van der Waals surface area (Å²) in [5, 5.41) is 0. The largest absolute Gasteiger partial charge is 0.304 e. The Balaban J connectivity index is 1.89. The molecule has 0 amide bonds. The van der Waals surface area contributed by atoms with Gasteiger partial charge in [-0.2, -0.15) is 4.21 Å². The molecule has 1 aliphatic rings. The number of hydrogen-bond donors (Lipinski definition) is 0. The Bertz CT molecular complexity index is 307. The molecule has 0 spiro atoms. The van der Waals surface area contributed by atoms with Crippen molar-refractivity contribution in [1.82, 2.24) is 4.98 Å². The van der Waals surface area contributed by atoms with Crippen LogP contribution in [0.2, 0.25) is 0 Å². The molecule has 2 rings (SSSR count). The summed E-state index contributed by atoms with van der Waals surface area (Å²) in [6, 6.07) is 5.79. The van der Waals surface area contributed by atoms with E-state index in [1.807, 2.05) is 18.2 Å². The first kappa shape index (κ1) is 9.76. The zero-order valence-electron chi connectivity index (χ0n) is 7.59. The Kier molecular flexibility index (Phi) is 3.23. The molecule has 0 unspecified atom stereocenters. The van der Waals surface area contributed by atoms with Crippen LogP contribution < -0.4 is 0 Å². The summed E-state index contributed by atoms with van der Waals surface area (Å²) in [5.41, 5.74) is 1.01. The number of nitrogens with zero attached hydrogens (tertiary/aromatic N) is 1. The van der Waals surface area contributed by atoms with Gasteiger partial charge < -0.3 is 0 Å². The van der Waals surface area contributed by atoms with Crippen LogP contribution in [0.5, 0.6) is 0 Å². The third-order valence-electron chi connectivity index (χ3n) is 2.02. The quantitative estimate of drug-likeness (QED) is 0.731. The van der Waals surface area contributed by atoms with E-state index >= 15 is 0 Å². The summed E-state index contributed by atoms with van der Waals surface area (Å²) >= 11 is -1.54. The van der Waals surface area contributed by atoms with Gasteiger partial charge in [-0.3, -0.25) is 13.4 Å². The molecular weight excluding hydrogens is 202 g/mol. The molecule has 0 aliphatic carbocycles. The molecule has 0 saturated carbocycles. The SMILES string of the molecule is O=S1OCC(Cc2ccccn2)CO1. The van der Waals surface area contributed by atoms with E-state index in [2.05, 4.69) is 4.98 Å². The molecule has 0 radical (unpaired) electrons. The fourth-order valence-corrected chi connectivity index (χ4v) is 1.99. The predicted molar refractivity (Wildman–Crippen MR) is 51.5 cm³/mol. The van der Waals surface area contributed by atoms with E-state index in [4.69, 9.17) is 8.37 Å². The second kappa shape index (κ2) is 4.63. The molecule has 4 nitrogen and oxygen atoms in total. The van der Waals surface area contributed by atoms with Gasteiger partial charge in [0.05, 0.1) is 13.2 Å². The second-order valence-electron chi connectivity index (χ2n) is 3.16. The average Bonchev–Trinajstić information content (AvgIpc) is 2.23. The van der Waals surface area contributed by atoms with Crippen LogP contribution in [0.3, 0.4) is 0 Å². The highest BCUT2D eigenvalue weighted by Gasteiger charge is 2.20. The molecule has 1 aromatic rings. The van der Waals surface area contributed by atoms with Crippen LogP contribution in [0.4, 0.5) is 0 Å². The van der Waals surface area contributed by atoms with Crippen molar-refractivity contribution in [2.24, 2.45) is 5.92 Å². The Morgan fingerprint density at radius 1 is 1.43 bits per heavy atom. The monoisotopic (exact) mass is 213 g/mol. The molecule has 1 aromatic heterocycles. The highest BCUT2D eigenvalue weighted by molar-refractivity contribution is 7.75. The lowest BCUT2D eigenvalue weighted by atomic mass is 10.1. The van der Waals surface area contributed by atoms with Gasteiger partial charge in [-0.15, -0.1) is 0 Å². The molecule has 1 fully saturated rings. The minimum Gasteiger partial charge on any atom is -0.268 e. The van der Waals surface area contributed by atoms with Crippen LogP contribution >= 0.6 is 0 Å². The average molecular weight is 213 g/mol. The van der Waals surface area contributed by atoms with E-state index in [-0.39, 0.29) is 5.92 Å². The zero-order valence-corrected chi connectivity index (χ0v) is 8.40. The van der Waals surface area contributed by atoms with Crippen LogP contribution in [0, 0.1) is 5.92 Å².